The molecule has 2 saturated heterocycles. The Morgan fingerprint density at radius 3 is 1.45 bits per heavy atom. The molecule has 8 heteroatoms. The molecule has 0 bridgehead atoms. The summed E-state index contributed by atoms with van der Waals surface area (Å²) in [6.07, 6.45) is 5.01. The van der Waals surface area contributed by atoms with Crippen molar-refractivity contribution in [2.45, 2.75) is 56.0 Å². The Balaban J connectivity index is 1.55. The molecule has 2 unspecified atom stereocenters. The summed E-state index contributed by atoms with van der Waals surface area (Å²) in [7, 11) is 4.13. The largest absolute Gasteiger partial charge is 0.396 e. The van der Waals surface area contributed by atoms with Crippen LogP contribution in [0.5, 0.6) is 0 Å². The summed E-state index contributed by atoms with van der Waals surface area (Å²) >= 11 is 0. The zero-order valence-electron chi connectivity index (χ0n) is 18.0. The molecule has 29 heavy (non-hydrogen) atoms. The summed E-state index contributed by atoms with van der Waals surface area (Å²) in [6.45, 7) is 3.69. The molecule has 0 radical (unpaired) electrons. The lowest BCUT2D eigenvalue weighted by atomic mass is 9.84. The smallest absolute Gasteiger partial charge is 0.224 e. The van der Waals surface area contributed by atoms with Crippen molar-refractivity contribution >= 4 is 11.8 Å². The second-order valence-corrected chi connectivity index (χ2v) is 9.54. The lowest BCUT2D eigenvalue weighted by Crippen LogP contribution is -2.56. The van der Waals surface area contributed by atoms with Crippen LogP contribution in [0.25, 0.3) is 0 Å². The standard InChI is InChI=1S/C21H38N4O4/c1-24-9-3-20(4-10-24,7-13-26)22-18(28)16-15-17(16)19(29)23-21(8-14-27)5-11-25(2)12-6-21/h16-17,26-27H,3-15H2,1-2H3,(H,22,28)(H,23,29). The minimum absolute atomic E-state index is 0.0523. The van der Waals surface area contributed by atoms with Crippen molar-refractivity contribution in [3.63, 3.8) is 0 Å². The Bertz CT molecular complexity index is 533. The molecule has 0 aromatic heterocycles. The monoisotopic (exact) mass is 410 g/mol. The van der Waals surface area contributed by atoms with Gasteiger partial charge in [0.05, 0.1) is 11.8 Å². The van der Waals surface area contributed by atoms with Gasteiger partial charge in [-0.05, 0) is 59.0 Å². The van der Waals surface area contributed by atoms with Crippen molar-refractivity contribution in [2.75, 3.05) is 53.5 Å². The van der Waals surface area contributed by atoms with Gasteiger partial charge in [0.25, 0.3) is 0 Å². The Labute approximate surface area is 174 Å². The van der Waals surface area contributed by atoms with Crippen LogP contribution >= 0.6 is 0 Å². The van der Waals surface area contributed by atoms with E-state index in [0.29, 0.717) is 19.3 Å². The van der Waals surface area contributed by atoms with Crippen LogP contribution in [0, 0.1) is 11.8 Å². The minimum Gasteiger partial charge on any atom is -0.396 e. The summed E-state index contributed by atoms with van der Waals surface area (Å²) in [5, 5.41) is 25.4. The van der Waals surface area contributed by atoms with E-state index in [1.807, 2.05) is 0 Å². The highest BCUT2D eigenvalue weighted by Gasteiger charge is 2.51. The van der Waals surface area contributed by atoms with Crippen LogP contribution in [-0.2, 0) is 9.59 Å². The number of rotatable bonds is 8. The molecular formula is C21H38N4O4. The average Bonchev–Trinajstić information content (AvgIpc) is 3.48. The van der Waals surface area contributed by atoms with Crippen LogP contribution < -0.4 is 10.6 Å². The normalized spacial score (nSPS) is 29.2. The van der Waals surface area contributed by atoms with Gasteiger partial charge in [0, 0.05) is 50.5 Å². The summed E-state index contributed by atoms with van der Waals surface area (Å²) in [5.41, 5.74) is -0.706. The number of nitrogens with one attached hydrogen (secondary N) is 2. The number of hydrogen-bond donors (Lipinski definition) is 4. The lowest BCUT2D eigenvalue weighted by Gasteiger charge is -2.41. The van der Waals surface area contributed by atoms with Crippen LogP contribution in [0.3, 0.4) is 0 Å². The predicted molar refractivity (Wildman–Crippen MR) is 110 cm³/mol. The molecule has 3 fully saturated rings. The number of likely N-dealkylation sites (tertiary alicyclic amines) is 2. The summed E-state index contributed by atoms with van der Waals surface area (Å²) in [5.74, 6) is -0.657. The van der Waals surface area contributed by atoms with Gasteiger partial charge in [-0.3, -0.25) is 9.59 Å². The van der Waals surface area contributed by atoms with Crippen molar-refractivity contribution in [3.05, 3.63) is 0 Å². The highest BCUT2D eigenvalue weighted by molar-refractivity contribution is 5.93. The summed E-state index contributed by atoms with van der Waals surface area (Å²) < 4.78 is 0. The molecule has 0 spiro atoms. The maximum absolute atomic E-state index is 12.9. The minimum atomic E-state index is -0.353. The number of hydrogen-bond acceptors (Lipinski definition) is 6. The highest BCUT2D eigenvalue weighted by Crippen LogP contribution is 2.41. The van der Waals surface area contributed by atoms with Crippen molar-refractivity contribution in [2.24, 2.45) is 11.8 Å². The van der Waals surface area contributed by atoms with E-state index in [-0.39, 0.29) is 47.9 Å². The van der Waals surface area contributed by atoms with E-state index >= 15 is 0 Å². The van der Waals surface area contributed by atoms with Crippen molar-refractivity contribution < 1.29 is 19.8 Å². The van der Waals surface area contributed by atoms with Crippen LogP contribution in [0.4, 0.5) is 0 Å². The number of carbonyl (C=O) groups is 2. The second kappa shape index (κ2) is 9.29. The van der Waals surface area contributed by atoms with Crippen molar-refractivity contribution in [3.8, 4) is 0 Å². The van der Waals surface area contributed by atoms with Gasteiger partial charge in [0.15, 0.2) is 0 Å². The molecule has 8 nitrogen and oxygen atoms in total. The van der Waals surface area contributed by atoms with E-state index in [0.717, 1.165) is 51.9 Å². The molecule has 2 amide bonds. The first-order valence-corrected chi connectivity index (χ1v) is 11.0. The Morgan fingerprint density at radius 2 is 1.14 bits per heavy atom. The average molecular weight is 411 g/mol. The molecule has 4 N–H and O–H groups in total. The quantitative estimate of drug-likeness (QED) is 0.432. The van der Waals surface area contributed by atoms with E-state index in [1.54, 1.807) is 0 Å². The number of piperidine rings is 2. The maximum Gasteiger partial charge on any atom is 0.224 e. The van der Waals surface area contributed by atoms with Gasteiger partial charge in [-0.25, -0.2) is 0 Å². The van der Waals surface area contributed by atoms with Gasteiger partial charge in [-0.2, -0.15) is 0 Å². The van der Waals surface area contributed by atoms with Gasteiger partial charge < -0.3 is 30.6 Å². The Morgan fingerprint density at radius 1 is 0.793 bits per heavy atom. The predicted octanol–water partition coefficient (Wildman–Crippen LogP) is -0.451. The molecule has 2 aliphatic heterocycles. The van der Waals surface area contributed by atoms with Crippen LogP contribution in [0.1, 0.15) is 44.9 Å². The van der Waals surface area contributed by atoms with Gasteiger partial charge >= 0.3 is 0 Å². The van der Waals surface area contributed by atoms with E-state index < -0.39 is 0 Å². The molecule has 2 heterocycles. The topological polar surface area (TPSA) is 105 Å². The molecule has 0 aromatic carbocycles. The first-order valence-electron chi connectivity index (χ1n) is 11.0. The maximum atomic E-state index is 12.9. The first kappa shape index (κ1) is 22.5. The lowest BCUT2D eigenvalue weighted by molar-refractivity contribution is -0.130. The zero-order chi connectivity index (χ0) is 21.1. The molecule has 3 aliphatic rings. The molecule has 0 aromatic rings. The fourth-order valence-electron chi connectivity index (χ4n) is 4.88. The summed E-state index contributed by atoms with van der Waals surface area (Å²) in [6, 6.07) is 0. The second-order valence-electron chi connectivity index (χ2n) is 9.54. The van der Waals surface area contributed by atoms with E-state index in [9.17, 15) is 19.8 Å². The molecule has 3 rings (SSSR count). The SMILES string of the molecule is CN1CCC(CCO)(NC(=O)C2CC2C(=O)NC2(CCO)CCN(C)CC2)CC1. The molecule has 1 aliphatic carbocycles. The number of nitrogens with zero attached hydrogens (tertiary/aromatic N) is 2. The molecule has 1 saturated carbocycles. The van der Waals surface area contributed by atoms with Crippen LogP contribution in [-0.4, -0.2) is 96.4 Å². The third-order valence-electron chi connectivity index (χ3n) is 7.31. The Kier molecular flexibility index (Phi) is 7.19. The van der Waals surface area contributed by atoms with Gasteiger partial charge in [0.1, 0.15) is 0 Å². The number of aliphatic hydroxyl groups excluding tert-OH is 2. The van der Waals surface area contributed by atoms with Crippen molar-refractivity contribution in [1.29, 1.82) is 0 Å². The fraction of sp³-hybridized carbons (Fsp3) is 0.905. The Hall–Kier alpha value is -1.22. The van der Waals surface area contributed by atoms with E-state index in [4.69, 9.17) is 0 Å². The van der Waals surface area contributed by atoms with E-state index in [1.165, 1.54) is 0 Å². The molecule has 166 valence electrons. The van der Waals surface area contributed by atoms with Crippen molar-refractivity contribution in [1.82, 2.24) is 20.4 Å². The third kappa shape index (κ3) is 5.48. The van der Waals surface area contributed by atoms with Gasteiger partial charge in [-0.1, -0.05) is 0 Å². The van der Waals surface area contributed by atoms with Gasteiger partial charge in [-0.15, -0.1) is 0 Å². The number of carbonyl (C=O) groups excluding carboxylic acids is 2. The molecular weight excluding hydrogens is 372 g/mol. The summed E-state index contributed by atoms with van der Waals surface area (Å²) in [4.78, 5) is 30.2. The van der Waals surface area contributed by atoms with Crippen LogP contribution in [0.2, 0.25) is 0 Å². The van der Waals surface area contributed by atoms with Crippen LogP contribution in [0.15, 0.2) is 0 Å². The highest BCUT2D eigenvalue weighted by atomic mass is 16.3. The first-order chi connectivity index (χ1) is 13.8. The fourth-order valence-corrected chi connectivity index (χ4v) is 4.88. The third-order valence-corrected chi connectivity index (χ3v) is 7.31. The number of amides is 2. The van der Waals surface area contributed by atoms with E-state index in [2.05, 4.69) is 34.5 Å². The zero-order valence-corrected chi connectivity index (χ0v) is 18.0. The molecule has 2 atom stereocenters. The van der Waals surface area contributed by atoms with Gasteiger partial charge in [0.2, 0.25) is 11.8 Å². The number of aliphatic hydroxyl groups is 2.